The van der Waals surface area contributed by atoms with E-state index in [-0.39, 0.29) is 18.1 Å². The van der Waals surface area contributed by atoms with Crippen LogP contribution in [0.4, 0.5) is 13.2 Å². The molecule has 7 heteroatoms. The highest BCUT2D eigenvalue weighted by atomic mass is 19.2. The Hall–Kier alpha value is -3.09. The summed E-state index contributed by atoms with van der Waals surface area (Å²) in [7, 11) is 0. The number of nitrogens with zero attached hydrogens (tertiary/aromatic N) is 2. The highest BCUT2D eigenvalue weighted by Crippen LogP contribution is 2.23. The minimum Gasteiger partial charge on any atom is -0.347 e. The Labute approximate surface area is 148 Å². The molecule has 0 radical (unpaired) electrons. The van der Waals surface area contributed by atoms with Gasteiger partial charge in [-0.05, 0) is 48.9 Å². The van der Waals surface area contributed by atoms with Crippen LogP contribution >= 0.6 is 0 Å². The number of aryl methyl sites for hydroxylation is 1. The zero-order chi connectivity index (χ0) is 18.7. The van der Waals surface area contributed by atoms with E-state index in [0.29, 0.717) is 17.8 Å². The maximum atomic E-state index is 13.5. The van der Waals surface area contributed by atoms with Crippen LogP contribution < -0.4 is 5.32 Å². The molecule has 0 fully saturated rings. The third kappa shape index (κ3) is 3.77. The number of halogens is 3. The van der Waals surface area contributed by atoms with Gasteiger partial charge in [0.15, 0.2) is 17.3 Å². The average Bonchev–Trinajstić information content (AvgIpc) is 3.08. The normalized spacial score (nSPS) is 10.8. The molecule has 0 aliphatic carbocycles. The molecule has 1 N–H and O–H groups in total. The minimum absolute atomic E-state index is 0.161. The Kier molecular flexibility index (Phi) is 5.06. The zero-order valence-electron chi connectivity index (χ0n) is 14.0. The first kappa shape index (κ1) is 17.7. The lowest BCUT2D eigenvalue weighted by atomic mass is 10.1. The molecule has 0 unspecified atom stereocenters. The summed E-state index contributed by atoms with van der Waals surface area (Å²) in [5, 5.41) is 6.91. The molecule has 3 aromatic rings. The zero-order valence-corrected chi connectivity index (χ0v) is 14.0. The van der Waals surface area contributed by atoms with E-state index in [9.17, 15) is 18.0 Å². The Morgan fingerprint density at radius 2 is 1.77 bits per heavy atom. The van der Waals surface area contributed by atoms with Gasteiger partial charge in [0.2, 0.25) is 0 Å². The lowest BCUT2D eigenvalue weighted by Gasteiger charge is -2.04. The predicted molar refractivity (Wildman–Crippen MR) is 90.8 cm³/mol. The van der Waals surface area contributed by atoms with Gasteiger partial charge < -0.3 is 5.32 Å². The Balaban J connectivity index is 1.79. The van der Waals surface area contributed by atoms with Crippen LogP contribution in [0.25, 0.3) is 11.3 Å². The molecule has 4 nitrogen and oxygen atoms in total. The maximum Gasteiger partial charge on any atom is 0.272 e. The smallest absolute Gasteiger partial charge is 0.272 e. The van der Waals surface area contributed by atoms with E-state index in [0.717, 1.165) is 17.7 Å². The molecule has 134 valence electrons. The van der Waals surface area contributed by atoms with Gasteiger partial charge in [-0.3, -0.25) is 9.48 Å². The van der Waals surface area contributed by atoms with E-state index in [4.69, 9.17) is 0 Å². The SMILES string of the molecule is CCn1nc(C(=O)NCc2ccc(F)cc2)cc1-c1ccc(F)c(F)c1. The van der Waals surface area contributed by atoms with E-state index in [1.54, 1.807) is 16.8 Å². The highest BCUT2D eigenvalue weighted by molar-refractivity contribution is 5.93. The second kappa shape index (κ2) is 7.43. The standard InChI is InChI=1S/C19H16F3N3O/c1-2-25-18(13-5-8-15(21)16(22)9-13)10-17(24-25)19(26)23-11-12-3-6-14(20)7-4-12/h3-10H,2,11H2,1H3,(H,23,26). The number of amides is 1. The Morgan fingerprint density at radius 3 is 2.42 bits per heavy atom. The molecule has 0 atom stereocenters. The van der Waals surface area contributed by atoms with Crippen LogP contribution in [0.3, 0.4) is 0 Å². The summed E-state index contributed by atoms with van der Waals surface area (Å²) in [5.74, 6) is -2.66. The van der Waals surface area contributed by atoms with Crippen LogP contribution in [-0.4, -0.2) is 15.7 Å². The Bertz CT molecular complexity index is 936. The van der Waals surface area contributed by atoms with Gasteiger partial charge in [-0.25, -0.2) is 13.2 Å². The summed E-state index contributed by atoms with van der Waals surface area (Å²) < 4.78 is 41.1. The molecule has 26 heavy (non-hydrogen) atoms. The second-order valence-electron chi connectivity index (χ2n) is 5.67. The van der Waals surface area contributed by atoms with E-state index in [1.165, 1.54) is 24.3 Å². The highest BCUT2D eigenvalue weighted by Gasteiger charge is 2.16. The molecule has 3 rings (SSSR count). The summed E-state index contributed by atoms with van der Waals surface area (Å²) in [6.45, 7) is 2.51. The first-order valence-electron chi connectivity index (χ1n) is 8.04. The predicted octanol–water partition coefficient (Wildman–Crippen LogP) is 3.92. The van der Waals surface area contributed by atoms with Gasteiger partial charge >= 0.3 is 0 Å². The van der Waals surface area contributed by atoms with Crippen LogP contribution in [-0.2, 0) is 13.1 Å². The van der Waals surface area contributed by atoms with Gasteiger partial charge in [-0.15, -0.1) is 0 Å². The number of nitrogens with one attached hydrogen (secondary N) is 1. The first-order valence-corrected chi connectivity index (χ1v) is 8.04. The fraction of sp³-hybridized carbons (Fsp3) is 0.158. The van der Waals surface area contributed by atoms with Gasteiger partial charge in [-0.1, -0.05) is 12.1 Å². The topological polar surface area (TPSA) is 46.9 Å². The molecular weight excluding hydrogens is 343 g/mol. The second-order valence-corrected chi connectivity index (χ2v) is 5.67. The number of hydrogen-bond donors (Lipinski definition) is 1. The molecule has 0 aliphatic heterocycles. The van der Waals surface area contributed by atoms with Crippen molar-refractivity contribution in [2.75, 3.05) is 0 Å². The first-order chi connectivity index (χ1) is 12.5. The van der Waals surface area contributed by atoms with Crippen molar-refractivity contribution < 1.29 is 18.0 Å². The quantitative estimate of drug-likeness (QED) is 0.751. The molecule has 0 spiro atoms. The number of aromatic nitrogens is 2. The van der Waals surface area contributed by atoms with Crippen molar-refractivity contribution in [1.82, 2.24) is 15.1 Å². The van der Waals surface area contributed by atoms with Crippen molar-refractivity contribution in [3.63, 3.8) is 0 Å². The minimum atomic E-state index is -0.964. The molecule has 0 bridgehead atoms. The lowest BCUT2D eigenvalue weighted by molar-refractivity contribution is 0.0945. The van der Waals surface area contributed by atoms with Gasteiger partial charge in [0.05, 0.1) is 5.69 Å². The van der Waals surface area contributed by atoms with Crippen molar-refractivity contribution in [3.05, 3.63) is 77.2 Å². The molecular formula is C19H16F3N3O. The van der Waals surface area contributed by atoms with Crippen LogP contribution in [0.2, 0.25) is 0 Å². The lowest BCUT2D eigenvalue weighted by Crippen LogP contribution is -2.23. The summed E-state index contributed by atoms with van der Waals surface area (Å²) in [6, 6.07) is 10.8. The van der Waals surface area contributed by atoms with Crippen LogP contribution in [0.15, 0.2) is 48.5 Å². The summed E-state index contributed by atoms with van der Waals surface area (Å²) in [6.07, 6.45) is 0. The Morgan fingerprint density at radius 1 is 1.04 bits per heavy atom. The monoisotopic (exact) mass is 359 g/mol. The van der Waals surface area contributed by atoms with Crippen LogP contribution in [0.1, 0.15) is 23.0 Å². The molecule has 2 aromatic carbocycles. The van der Waals surface area contributed by atoms with Crippen LogP contribution in [0.5, 0.6) is 0 Å². The molecule has 0 saturated carbocycles. The number of carbonyl (C=O) groups excluding carboxylic acids is 1. The van der Waals surface area contributed by atoms with Gasteiger partial charge in [0, 0.05) is 18.7 Å². The largest absolute Gasteiger partial charge is 0.347 e. The van der Waals surface area contributed by atoms with E-state index < -0.39 is 17.5 Å². The van der Waals surface area contributed by atoms with E-state index in [2.05, 4.69) is 10.4 Å². The number of rotatable bonds is 5. The van der Waals surface area contributed by atoms with Gasteiger partial charge in [0.1, 0.15) is 5.82 Å². The maximum absolute atomic E-state index is 13.5. The average molecular weight is 359 g/mol. The molecule has 1 amide bonds. The van der Waals surface area contributed by atoms with Gasteiger partial charge in [0.25, 0.3) is 5.91 Å². The number of benzene rings is 2. The van der Waals surface area contributed by atoms with Crippen molar-refractivity contribution in [2.24, 2.45) is 0 Å². The molecule has 1 aromatic heterocycles. The molecule has 0 saturated heterocycles. The number of hydrogen-bond acceptors (Lipinski definition) is 2. The third-order valence-corrected chi connectivity index (χ3v) is 3.89. The molecule has 0 aliphatic rings. The summed E-state index contributed by atoms with van der Waals surface area (Å²) in [5.41, 5.74) is 1.85. The van der Waals surface area contributed by atoms with Crippen molar-refractivity contribution in [3.8, 4) is 11.3 Å². The third-order valence-electron chi connectivity index (χ3n) is 3.89. The van der Waals surface area contributed by atoms with Crippen molar-refractivity contribution >= 4 is 5.91 Å². The fourth-order valence-corrected chi connectivity index (χ4v) is 2.53. The van der Waals surface area contributed by atoms with Gasteiger partial charge in [-0.2, -0.15) is 5.10 Å². The van der Waals surface area contributed by atoms with Crippen molar-refractivity contribution in [2.45, 2.75) is 20.0 Å². The number of carbonyl (C=O) groups is 1. The van der Waals surface area contributed by atoms with Crippen LogP contribution in [0, 0.1) is 17.5 Å². The summed E-state index contributed by atoms with van der Waals surface area (Å²) in [4.78, 5) is 12.3. The molecule has 1 heterocycles. The fourth-order valence-electron chi connectivity index (χ4n) is 2.53. The van der Waals surface area contributed by atoms with E-state index in [1.807, 2.05) is 6.92 Å². The summed E-state index contributed by atoms with van der Waals surface area (Å²) >= 11 is 0. The van der Waals surface area contributed by atoms with E-state index >= 15 is 0 Å². The van der Waals surface area contributed by atoms with Crippen molar-refractivity contribution in [1.29, 1.82) is 0 Å².